The third-order valence-corrected chi connectivity index (χ3v) is 12.9. The van der Waals surface area contributed by atoms with Gasteiger partial charge in [0.2, 0.25) is 5.71 Å². The molecule has 0 saturated heterocycles. The Balaban J connectivity index is 0.000000188. The van der Waals surface area contributed by atoms with Crippen molar-refractivity contribution in [1.29, 1.82) is 0 Å². The molecule has 7 aromatic rings. The van der Waals surface area contributed by atoms with Gasteiger partial charge in [-0.25, -0.2) is 4.98 Å². The number of aromatic nitrogens is 3. The fourth-order valence-electron chi connectivity index (χ4n) is 7.87. The minimum Gasteiger partial charge on any atom is -0.486 e. The van der Waals surface area contributed by atoms with Crippen LogP contribution < -0.4 is 5.19 Å². The summed E-state index contributed by atoms with van der Waals surface area (Å²) < 4.78 is 6.24. The van der Waals surface area contributed by atoms with E-state index in [1.54, 1.807) is 0 Å². The zero-order valence-electron chi connectivity index (χ0n) is 34.3. The Morgan fingerprint density at radius 3 is 2.25 bits per heavy atom. The molecule has 0 bridgehead atoms. The van der Waals surface area contributed by atoms with Crippen LogP contribution in [0.1, 0.15) is 89.3 Å². The van der Waals surface area contributed by atoms with Crippen LogP contribution >= 0.6 is 0 Å². The van der Waals surface area contributed by atoms with Gasteiger partial charge in [-0.05, 0) is 76.9 Å². The molecule has 1 radical (unpaired) electrons. The molecule has 0 aliphatic heterocycles. The van der Waals surface area contributed by atoms with Gasteiger partial charge in [-0.2, -0.15) is 0 Å². The Bertz CT molecular complexity index is 2400. The van der Waals surface area contributed by atoms with Crippen LogP contribution in [0.4, 0.5) is 0 Å². The van der Waals surface area contributed by atoms with Crippen molar-refractivity contribution in [3.63, 3.8) is 0 Å². The van der Waals surface area contributed by atoms with Crippen LogP contribution in [0.5, 0.6) is 0 Å². The summed E-state index contributed by atoms with van der Waals surface area (Å²) in [5.74, 6) is 1.39. The van der Waals surface area contributed by atoms with Gasteiger partial charge in [0.25, 0.3) is 0 Å². The van der Waals surface area contributed by atoms with E-state index in [1.165, 1.54) is 59.5 Å². The van der Waals surface area contributed by atoms with Gasteiger partial charge in [0.05, 0.1) is 19.4 Å². The number of fused-ring (bicyclic) bond motifs is 3. The zero-order valence-corrected chi connectivity index (χ0v) is 37.7. The molecule has 4 nitrogen and oxygen atoms in total. The van der Waals surface area contributed by atoms with Crippen molar-refractivity contribution < 1.29 is 24.5 Å². The number of nitrogens with zero attached hydrogens (tertiary/aromatic N) is 3. The molecule has 291 valence electrons. The molecule has 56 heavy (non-hydrogen) atoms. The van der Waals surface area contributed by atoms with Crippen LogP contribution in [-0.4, -0.2) is 23.0 Å². The molecule has 4 aromatic heterocycles. The van der Waals surface area contributed by atoms with Crippen molar-refractivity contribution in [3.8, 4) is 33.8 Å². The molecule has 6 heteroatoms. The van der Waals surface area contributed by atoms with E-state index in [0.29, 0.717) is 11.6 Å². The van der Waals surface area contributed by atoms with Crippen LogP contribution in [0.2, 0.25) is 19.6 Å². The molecular weight excluding hydrogens is 879 g/mol. The molecule has 3 aromatic carbocycles. The molecule has 1 aliphatic carbocycles. The Morgan fingerprint density at radius 1 is 0.786 bits per heavy atom. The summed E-state index contributed by atoms with van der Waals surface area (Å²) in [5, 5.41) is 3.55. The molecule has 0 amide bonds. The summed E-state index contributed by atoms with van der Waals surface area (Å²) in [6, 6.07) is 38.3. The van der Waals surface area contributed by atoms with Gasteiger partial charge in [0, 0.05) is 43.4 Å². The second kappa shape index (κ2) is 17.5. The molecule has 1 fully saturated rings. The first-order chi connectivity index (χ1) is 26.3. The van der Waals surface area contributed by atoms with E-state index < -0.39 is 8.07 Å². The summed E-state index contributed by atoms with van der Waals surface area (Å²) in [7, 11) is -1.38. The zero-order chi connectivity index (χ0) is 38.7. The molecule has 1 aliphatic rings. The third-order valence-electron chi connectivity index (χ3n) is 10.9. The van der Waals surface area contributed by atoms with Crippen molar-refractivity contribution >= 4 is 35.3 Å². The van der Waals surface area contributed by atoms with Gasteiger partial charge < -0.3 is 14.4 Å². The molecule has 4 heterocycles. The molecule has 1 saturated carbocycles. The minimum absolute atomic E-state index is 0. The SMILES string of the molecule is CC(C)(C)c1ccnc(-c2[c-]ccc3c2oc2nc(-c4ccccc4)ccc23)c1.CC(C)Cc1cc(-c2[c-]ccc(C3CCCCC3)c2)ncc1[Si](C)(C)C.[Ir]. The maximum absolute atomic E-state index is 6.24. The van der Waals surface area contributed by atoms with Crippen molar-refractivity contribution in [3.05, 3.63) is 132 Å². The van der Waals surface area contributed by atoms with Gasteiger partial charge in [-0.15, -0.1) is 53.6 Å². The Morgan fingerprint density at radius 2 is 1.54 bits per heavy atom. The minimum atomic E-state index is -1.38. The van der Waals surface area contributed by atoms with Gasteiger partial charge in [-0.3, -0.25) is 0 Å². The van der Waals surface area contributed by atoms with E-state index in [9.17, 15) is 0 Å². The Hall–Kier alpha value is -4.22. The summed E-state index contributed by atoms with van der Waals surface area (Å²) in [6.07, 6.45) is 12.0. The summed E-state index contributed by atoms with van der Waals surface area (Å²) in [6.45, 7) is 18.5. The number of furan rings is 1. The van der Waals surface area contributed by atoms with E-state index in [-0.39, 0.29) is 25.5 Å². The fraction of sp³-hybridized carbons (Fsp3) is 0.340. The van der Waals surface area contributed by atoms with E-state index in [1.807, 2.05) is 42.6 Å². The quantitative estimate of drug-likeness (QED) is 0.118. The van der Waals surface area contributed by atoms with E-state index in [4.69, 9.17) is 14.4 Å². The third kappa shape index (κ3) is 9.48. The van der Waals surface area contributed by atoms with E-state index in [0.717, 1.165) is 56.9 Å². The topological polar surface area (TPSA) is 51.8 Å². The van der Waals surface area contributed by atoms with Crippen molar-refractivity contribution in [2.45, 2.75) is 104 Å². The van der Waals surface area contributed by atoms with Crippen LogP contribution in [0.15, 0.2) is 108 Å². The summed E-state index contributed by atoms with van der Waals surface area (Å²) >= 11 is 0. The number of pyridine rings is 3. The fourth-order valence-corrected chi connectivity index (χ4v) is 9.46. The van der Waals surface area contributed by atoms with Crippen LogP contribution in [0, 0.1) is 18.1 Å². The summed E-state index contributed by atoms with van der Waals surface area (Å²) in [4.78, 5) is 14.2. The van der Waals surface area contributed by atoms with Crippen LogP contribution in [-0.2, 0) is 31.9 Å². The predicted molar refractivity (Wildman–Crippen MR) is 234 cm³/mol. The second-order valence-corrected chi connectivity index (χ2v) is 22.8. The van der Waals surface area contributed by atoms with Gasteiger partial charge in [0.1, 0.15) is 0 Å². The Labute approximate surface area is 349 Å². The average molecular weight is 934 g/mol. The molecule has 0 atom stereocenters. The Kier molecular flexibility index (Phi) is 12.9. The van der Waals surface area contributed by atoms with Crippen LogP contribution in [0.25, 0.3) is 55.8 Å². The van der Waals surface area contributed by atoms with Crippen LogP contribution in [0.3, 0.4) is 0 Å². The number of hydrogen-bond donors (Lipinski definition) is 0. The first kappa shape index (κ1) is 41.4. The van der Waals surface area contributed by atoms with Gasteiger partial charge in [-0.1, -0.05) is 132 Å². The second-order valence-electron chi connectivity index (χ2n) is 17.7. The molecule has 0 spiro atoms. The van der Waals surface area contributed by atoms with E-state index >= 15 is 0 Å². The maximum atomic E-state index is 6.24. The monoisotopic (exact) mass is 934 g/mol. The smallest absolute Gasteiger partial charge is 0.216 e. The summed E-state index contributed by atoms with van der Waals surface area (Å²) in [5.41, 5.74) is 11.6. The molecular formula is C50H55IrN3OSi-2. The standard InChI is InChI=1S/C26H21N2O.C24H34NSi.Ir/c1-26(2,3)18-14-15-27-23(16-18)21-11-7-10-19-20-12-13-22(17-8-5-4-6-9-17)28-25(20)29-24(19)21;1-18(2)14-22-16-23(25-17-24(22)26(3,4)5)21-13-9-12-20(15-21)19-10-7-6-8-11-19;/h4-10,12-16H,1-3H3;9,12,15-19H,6-8,10-11,14H2,1-5H3;/q2*-1;. The average Bonchev–Trinajstić information content (AvgIpc) is 3.56. The molecule has 0 unspecified atom stereocenters. The van der Waals surface area contributed by atoms with Gasteiger partial charge >= 0.3 is 0 Å². The van der Waals surface area contributed by atoms with Gasteiger partial charge in [0.15, 0.2) is 0 Å². The maximum Gasteiger partial charge on any atom is 0.216 e. The van der Waals surface area contributed by atoms with E-state index in [2.05, 4.69) is 132 Å². The molecule has 8 rings (SSSR count). The predicted octanol–water partition coefficient (Wildman–Crippen LogP) is 13.1. The van der Waals surface area contributed by atoms with Crippen molar-refractivity contribution in [2.75, 3.05) is 0 Å². The van der Waals surface area contributed by atoms with Crippen molar-refractivity contribution in [1.82, 2.24) is 15.0 Å². The molecule has 0 N–H and O–H groups in total. The number of hydrogen-bond acceptors (Lipinski definition) is 4. The van der Waals surface area contributed by atoms with Crippen molar-refractivity contribution in [2.24, 2.45) is 5.92 Å². The number of rotatable bonds is 7. The number of benzene rings is 3. The normalized spacial score (nSPS) is 13.7. The largest absolute Gasteiger partial charge is 0.486 e. The first-order valence-electron chi connectivity index (χ1n) is 20.1. The first-order valence-corrected chi connectivity index (χ1v) is 23.6.